The molecule has 0 amide bonds. The van der Waals surface area contributed by atoms with Crippen molar-refractivity contribution in [2.45, 2.75) is 0 Å². The van der Waals surface area contributed by atoms with E-state index in [1.807, 2.05) is 66.9 Å². The molecule has 0 radical (unpaired) electrons. The smallest absolute Gasteiger partial charge is 0.232 e. The largest absolute Gasteiger partial charge is 0.480 e. The van der Waals surface area contributed by atoms with Crippen molar-refractivity contribution in [1.82, 2.24) is 4.98 Å². The maximum Gasteiger partial charge on any atom is 0.232 e. The van der Waals surface area contributed by atoms with Crippen LogP contribution >= 0.6 is 11.9 Å². The number of benzene rings is 2. The molecule has 0 fully saturated rings. The van der Waals surface area contributed by atoms with E-state index >= 15 is 0 Å². The molecular weight excluding hydrogens is 330 g/mol. The number of nitrogens with zero attached hydrogens (tertiary/aromatic N) is 2. The normalized spacial score (nSPS) is 10.1. The van der Waals surface area contributed by atoms with Gasteiger partial charge < -0.3 is 9.46 Å². The number of pyridine rings is 1. The molecule has 124 valence electrons. The van der Waals surface area contributed by atoms with E-state index in [4.69, 9.17) is 4.74 Å². The SMILES string of the molecule is COc1nc(-c2ccc(NSC)cc2)cc(-c2ccccc2)c1C#N. The zero-order valence-corrected chi connectivity index (χ0v) is 14.8. The van der Waals surface area contributed by atoms with Gasteiger partial charge in [-0.25, -0.2) is 4.98 Å². The number of methoxy groups -OCH3 is 1. The van der Waals surface area contributed by atoms with Crippen molar-refractivity contribution >= 4 is 17.6 Å². The van der Waals surface area contributed by atoms with Crippen LogP contribution in [-0.4, -0.2) is 18.3 Å². The summed E-state index contributed by atoms with van der Waals surface area (Å²) in [5.74, 6) is 0.338. The Bertz CT molecular complexity index is 903. The lowest BCUT2D eigenvalue weighted by Gasteiger charge is -2.12. The van der Waals surface area contributed by atoms with Gasteiger partial charge >= 0.3 is 0 Å². The van der Waals surface area contributed by atoms with E-state index in [0.717, 1.165) is 28.1 Å². The van der Waals surface area contributed by atoms with Crippen LogP contribution in [0.3, 0.4) is 0 Å². The number of hydrogen-bond donors (Lipinski definition) is 1. The van der Waals surface area contributed by atoms with Crippen LogP contribution in [0.5, 0.6) is 5.88 Å². The number of hydrogen-bond acceptors (Lipinski definition) is 5. The molecule has 1 N–H and O–H groups in total. The van der Waals surface area contributed by atoms with Gasteiger partial charge in [-0.15, -0.1) is 0 Å². The van der Waals surface area contributed by atoms with Gasteiger partial charge in [-0.1, -0.05) is 54.4 Å². The Hall–Kier alpha value is -2.97. The molecule has 0 aliphatic rings. The Labute approximate surface area is 151 Å². The lowest BCUT2D eigenvalue weighted by Crippen LogP contribution is -1.97. The predicted octanol–water partition coefficient (Wildman–Crippen LogP) is 4.99. The van der Waals surface area contributed by atoms with Gasteiger partial charge in [-0.3, -0.25) is 0 Å². The lowest BCUT2D eigenvalue weighted by atomic mass is 9.99. The number of aromatic nitrogens is 1. The molecular formula is C20H17N3OS. The molecule has 1 heterocycles. The number of rotatable bonds is 5. The minimum atomic E-state index is 0.338. The third-order valence-corrected chi connectivity index (χ3v) is 4.22. The summed E-state index contributed by atoms with van der Waals surface area (Å²) in [7, 11) is 1.53. The molecule has 5 heteroatoms. The van der Waals surface area contributed by atoms with Gasteiger partial charge in [0, 0.05) is 23.1 Å². The standard InChI is InChI=1S/C20H17N3OS/c1-24-20-18(13-21)17(14-6-4-3-5-7-14)12-19(22-20)15-8-10-16(11-9-15)23-25-2/h3-12,23H,1-2H3. The second-order valence-electron chi connectivity index (χ2n) is 5.30. The molecule has 1 aromatic heterocycles. The van der Waals surface area contributed by atoms with E-state index in [2.05, 4.69) is 15.8 Å². The van der Waals surface area contributed by atoms with Crippen LogP contribution < -0.4 is 9.46 Å². The van der Waals surface area contributed by atoms with E-state index in [0.29, 0.717) is 11.4 Å². The third-order valence-electron chi connectivity index (χ3n) is 3.78. The average molecular weight is 347 g/mol. The Morgan fingerprint density at radius 3 is 2.36 bits per heavy atom. The number of nitriles is 1. The quantitative estimate of drug-likeness (QED) is 0.659. The molecule has 0 saturated heterocycles. The Balaban J connectivity index is 2.13. The Morgan fingerprint density at radius 1 is 1.04 bits per heavy atom. The third kappa shape index (κ3) is 3.59. The summed E-state index contributed by atoms with van der Waals surface area (Å²) < 4.78 is 8.57. The number of nitrogens with one attached hydrogen (secondary N) is 1. The van der Waals surface area contributed by atoms with Gasteiger partial charge in [0.05, 0.1) is 12.8 Å². The number of ether oxygens (including phenoxy) is 1. The fourth-order valence-electron chi connectivity index (χ4n) is 2.60. The zero-order chi connectivity index (χ0) is 17.6. The lowest BCUT2D eigenvalue weighted by molar-refractivity contribution is 0.397. The van der Waals surface area contributed by atoms with E-state index in [1.54, 1.807) is 11.9 Å². The second kappa shape index (κ2) is 7.73. The molecule has 0 atom stereocenters. The molecule has 4 nitrogen and oxygen atoms in total. The second-order valence-corrected chi connectivity index (χ2v) is 5.91. The highest BCUT2D eigenvalue weighted by atomic mass is 32.2. The molecule has 0 aliphatic heterocycles. The highest BCUT2D eigenvalue weighted by Gasteiger charge is 2.15. The fraction of sp³-hybridized carbons (Fsp3) is 0.100. The van der Waals surface area contributed by atoms with Crippen molar-refractivity contribution in [3.05, 3.63) is 66.2 Å². The zero-order valence-electron chi connectivity index (χ0n) is 14.0. The van der Waals surface area contributed by atoms with Crippen molar-refractivity contribution in [2.24, 2.45) is 0 Å². The van der Waals surface area contributed by atoms with E-state index in [9.17, 15) is 5.26 Å². The molecule has 0 aliphatic carbocycles. The van der Waals surface area contributed by atoms with Gasteiger partial charge in [-0.05, 0) is 23.8 Å². The van der Waals surface area contributed by atoms with Gasteiger partial charge in [-0.2, -0.15) is 5.26 Å². The monoisotopic (exact) mass is 347 g/mol. The van der Waals surface area contributed by atoms with Crippen LogP contribution in [0.25, 0.3) is 22.4 Å². The van der Waals surface area contributed by atoms with Crippen LogP contribution in [0.15, 0.2) is 60.7 Å². The average Bonchev–Trinajstić information content (AvgIpc) is 2.68. The first kappa shape index (κ1) is 16.9. The summed E-state index contributed by atoms with van der Waals surface area (Å²) in [4.78, 5) is 4.52. The van der Waals surface area contributed by atoms with Crippen molar-refractivity contribution in [3.8, 4) is 34.3 Å². The molecule has 3 rings (SSSR count). The van der Waals surface area contributed by atoms with Crippen LogP contribution in [0.1, 0.15) is 5.56 Å². The first-order valence-electron chi connectivity index (χ1n) is 7.70. The van der Waals surface area contributed by atoms with Gasteiger partial charge in [0.25, 0.3) is 0 Å². The van der Waals surface area contributed by atoms with Crippen molar-refractivity contribution in [2.75, 3.05) is 18.1 Å². The maximum atomic E-state index is 9.57. The van der Waals surface area contributed by atoms with E-state index in [-0.39, 0.29) is 0 Å². The van der Waals surface area contributed by atoms with Crippen molar-refractivity contribution < 1.29 is 4.74 Å². The van der Waals surface area contributed by atoms with E-state index < -0.39 is 0 Å². The molecule has 0 bridgehead atoms. The molecule has 0 saturated carbocycles. The topological polar surface area (TPSA) is 57.9 Å². The Morgan fingerprint density at radius 2 is 1.76 bits per heavy atom. The molecule has 3 aromatic rings. The van der Waals surface area contributed by atoms with Crippen LogP contribution in [0.4, 0.5) is 5.69 Å². The molecule has 2 aromatic carbocycles. The summed E-state index contributed by atoms with van der Waals surface area (Å²) >= 11 is 1.55. The summed E-state index contributed by atoms with van der Waals surface area (Å²) in [5.41, 5.74) is 4.98. The molecule has 0 spiro atoms. The maximum absolute atomic E-state index is 9.57. The van der Waals surface area contributed by atoms with Crippen molar-refractivity contribution in [3.63, 3.8) is 0 Å². The summed E-state index contributed by atoms with van der Waals surface area (Å²) in [6.45, 7) is 0. The van der Waals surface area contributed by atoms with Crippen molar-refractivity contribution in [1.29, 1.82) is 5.26 Å². The van der Waals surface area contributed by atoms with Gasteiger partial charge in [0.15, 0.2) is 0 Å². The summed E-state index contributed by atoms with van der Waals surface area (Å²) in [6.07, 6.45) is 1.98. The number of anilines is 1. The molecule has 0 unspecified atom stereocenters. The Kier molecular flexibility index (Phi) is 5.22. The van der Waals surface area contributed by atoms with E-state index in [1.165, 1.54) is 7.11 Å². The minimum Gasteiger partial charge on any atom is -0.480 e. The van der Waals surface area contributed by atoms with Crippen LogP contribution in [0.2, 0.25) is 0 Å². The van der Waals surface area contributed by atoms with Crippen LogP contribution in [0, 0.1) is 11.3 Å². The first-order chi connectivity index (χ1) is 12.3. The van der Waals surface area contributed by atoms with Gasteiger partial charge in [0.2, 0.25) is 5.88 Å². The predicted molar refractivity (Wildman–Crippen MR) is 104 cm³/mol. The van der Waals surface area contributed by atoms with Crippen LogP contribution in [-0.2, 0) is 0 Å². The summed E-state index contributed by atoms with van der Waals surface area (Å²) in [6, 6.07) is 22.0. The highest BCUT2D eigenvalue weighted by molar-refractivity contribution is 7.99. The highest BCUT2D eigenvalue weighted by Crippen LogP contribution is 2.33. The first-order valence-corrected chi connectivity index (χ1v) is 8.93. The summed E-state index contributed by atoms with van der Waals surface area (Å²) in [5, 5.41) is 9.57. The molecule has 25 heavy (non-hydrogen) atoms. The van der Waals surface area contributed by atoms with Gasteiger partial charge in [0.1, 0.15) is 11.6 Å². The minimum absolute atomic E-state index is 0.338. The fourth-order valence-corrected chi connectivity index (χ4v) is 2.97.